The molecule has 1 N–H and O–H groups in total. The van der Waals surface area contributed by atoms with E-state index >= 15 is 0 Å². The molecule has 0 fully saturated rings. The van der Waals surface area contributed by atoms with E-state index in [1.165, 1.54) is 16.5 Å². The molecular weight excluding hydrogens is 180 g/mol. The van der Waals surface area contributed by atoms with Gasteiger partial charge in [-0.15, -0.1) is 0 Å². The third-order valence-corrected chi connectivity index (χ3v) is 2.89. The zero-order valence-electron chi connectivity index (χ0n) is 6.95. The topological polar surface area (TPSA) is 24.4 Å². The molecule has 1 aromatic rings. The van der Waals surface area contributed by atoms with E-state index in [0.29, 0.717) is 0 Å². The average molecular weight is 188 g/mol. The summed E-state index contributed by atoms with van der Waals surface area (Å²) in [5, 5.41) is 4.45. The molecule has 1 aromatic carbocycles. The van der Waals surface area contributed by atoms with Crippen molar-refractivity contribution in [3.63, 3.8) is 0 Å². The van der Waals surface area contributed by atoms with Crippen molar-refractivity contribution in [1.29, 1.82) is 0 Å². The number of hydrogen-bond acceptors (Lipinski definition) is 3. The molecule has 2 aliphatic heterocycles. The fourth-order valence-electron chi connectivity index (χ4n) is 1.66. The minimum Gasteiger partial charge on any atom is -0.325 e. The van der Waals surface area contributed by atoms with Crippen LogP contribution >= 0.6 is 11.9 Å². The highest BCUT2D eigenvalue weighted by atomic mass is 32.2. The first-order valence-corrected chi connectivity index (χ1v) is 5.09. The van der Waals surface area contributed by atoms with Crippen LogP contribution in [0.2, 0.25) is 0 Å². The fourth-order valence-corrected chi connectivity index (χ4v) is 2.24. The summed E-state index contributed by atoms with van der Waals surface area (Å²) in [6, 6.07) is 4.24. The number of nitrogens with one attached hydrogen (secondary N) is 1. The van der Waals surface area contributed by atoms with Crippen LogP contribution in [0.3, 0.4) is 0 Å². The second kappa shape index (κ2) is 2.64. The summed E-state index contributed by atoms with van der Waals surface area (Å²) in [5.74, 6) is 0. The van der Waals surface area contributed by atoms with Crippen LogP contribution in [0.25, 0.3) is 12.2 Å². The smallest absolute Gasteiger partial charge is 0.0741 e. The molecule has 0 spiro atoms. The molecule has 2 aliphatic rings. The number of anilines is 1. The minimum atomic E-state index is 0.826. The molecule has 64 valence electrons. The Balaban J connectivity index is 2.45. The Morgan fingerprint density at radius 1 is 1.38 bits per heavy atom. The van der Waals surface area contributed by atoms with Gasteiger partial charge >= 0.3 is 0 Å². The molecule has 0 radical (unpaired) electrons. The third-order valence-electron chi connectivity index (χ3n) is 2.28. The van der Waals surface area contributed by atoms with Crippen molar-refractivity contribution in [2.75, 3.05) is 11.3 Å². The predicted molar refractivity (Wildman–Crippen MR) is 56.8 cm³/mol. The van der Waals surface area contributed by atoms with E-state index in [-0.39, 0.29) is 0 Å². The van der Waals surface area contributed by atoms with Gasteiger partial charge in [-0.2, -0.15) is 0 Å². The minimum absolute atomic E-state index is 0.826. The van der Waals surface area contributed by atoms with Gasteiger partial charge in [0.05, 0.1) is 17.6 Å². The maximum absolute atomic E-state index is 4.46. The fraction of sp³-hybridized carbons (Fsp3) is 0.100. The zero-order valence-corrected chi connectivity index (χ0v) is 7.77. The molecule has 0 unspecified atom stereocenters. The lowest BCUT2D eigenvalue weighted by Gasteiger charge is -2.10. The van der Waals surface area contributed by atoms with E-state index in [9.17, 15) is 0 Å². The van der Waals surface area contributed by atoms with Crippen molar-refractivity contribution in [1.82, 2.24) is 0 Å². The Morgan fingerprint density at radius 2 is 2.38 bits per heavy atom. The summed E-state index contributed by atoms with van der Waals surface area (Å²) < 4.78 is 3.25. The monoisotopic (exact) mass is 188 g/mol. The van der Waals surface area contributed by atoms with Gasteiger partial charge in [-0.25, -0.2) is 0 Å². The van der Waals surface area contributed by atoms with Crippen LogP contribution in [0.5, 0.6) is 0 Å². The van der Waals surface area contributed by atoms with Gasteiger partial charge in [0.15, 0.2) is 0 Å². The molecule has 2 heterocycles. The lowest BCUT2D eigenvalue weighted by atomic mass is 10.1. The van der Waals surface area contributed by atoms with E-state index in [0.717, 1.165) is 11.9 Å². The van der Waals surface area contributed by atoms with Crippen LogP contribution in [0, 0.1) is 0 Å². The molecule has 13 heavy (non-hydrogen) atoms. The SMILES string of the molecule is C1=Cc2c(ccc3c2=NCC=3)NS1. The van der Waals surface area contributed by atoms with E-state index in [4.69, 9.17) is 0 Å². The summed E-state index contributed by atoms with van der Waals surface area (Å²) in [7, 11) is 0. The highest BCUT2D eigenvalue weighted by molar-refractivity contribution is 8.03. The summed E-state index contributed by atoms with van der Waals surface area (Å²) >= 11 is 1.60. The molecule has 3 heteroatoms. The molecule has 0 saturated heterocycles. The Morgan fingerprint density at radius 3 is 3.38 bits per heavy atom. The molecule has 0 atom stereocenters. The maximum atomic E-state index is 4.46. The molecule has 2 nitrogen and oxygen atoms in total. The lowest BCUT2D eigenvalue weighted by molar-refractivity contribution is 1.22. The highest BCUT2D eigenvalue weighted by Gasteiger charge is 2.08. The molecular formula is C10H8N2S. The number of rotatable bonds is 0. The summed E-state index contributed by atoms with van der Waals surface area (Å²) in [5.41, 5.74) is 2.40. The van der Waals surface area contributed by atoms with Crippen LogP contribution in [0.4, 0.5) is 5.69 Å². The van der Waals surface area contributed by atoms with Crippen molar-refractivity contribution in [3.8, 4) is 0 Å². The van der Waals surface area contributed by atoms with Crippen molar-refractivity contribution in [2.45, 2.75) is 0 Å². The summed E-state index contributed by atoms with van der Waals surface area (Å²) in [6.07, 6.45) is 4.28. The average Bonchev–Trinajstić information content (AvgIpc) is 2.65. The van der Waals surface area contributed by atoms with Crippen molar-refractivity contribution in [3.05, 3.63) is 33.7 Å². The van der Waals surface area contributed by atoms with Crippen LogP contribution in [0.1, 0.15) is 5.56 Å². The second-order valence-electron chi connectivity index (χ2n) is 3.03. The Labute approximate surface area is 80.2 Å². The van der Waals surface area contributed by atoms with Gasteiger partial charge < -0.3 is 4.72 Å². The van der Waals surface area contributed by atoms with Gasteiger partial charge in [0, 0.05) is 5.56 Å². The first kappa shape index (κ1) is 7.21. The highest BCUT2D eigenvalue weighted by Crippen LogP contribution is 2.22. The van der Waals surface area contributed by atoms with Crippen molar-refractivity contribution >= 4 is 29.8 Å². The summed E-state index contributed by atoms with van der Waals surface area (Å²) in [6.45, 7) is 0.826. The molecule has 0 saturated carbocycles. The quantitative estimate of drug-likeness (QED) is 0.617. The number of nitrogens with zero attached hydrogens (tertiary/aromatic N) is 1. The normalized spacial score (nSPS) is 16.6. The molecule has 0 bridgehead atoms. The predicted octanol–water partition coefficient (Wildman–Crippen LogP) is 1.14. The summed E-state index contributed by atoms with van der Waals surface area (Å²) in [4.78, 5) is 4.46. The lowest BCUT2D eigenvalue weighted by Crippen LogP contribution is -2.25. The van der Waals surface area contributed by atoms with Crippen LogP contribution in [-0.4, -0.2) is 6.54 Å². The van der Waals surface area contributed by atoms with Gasteiger partial charge in [-0.05, 0) is 34.7 Å². The van der Waals surface area contributed by atoms with E-state index in [2.05, 4.69) is 39.4 Å². The van der Waals surface area contributed by atoms with Gasteiger partial charge in [0.25, 0.3) is 0 Å². The Kier molecular flexibility index (Phi) is 1.46. The van der Waals surface area contributed by atoms with Crippen LogP contribution in [-0.2, 0) is 0 Å². The number of hydrogen-bond donors (Lipinski definition) is 1. The molecule has 0 aliphatic carbocycles. The van der Waals surface area contributed by atoms with Gasteiger partial charge in [0.1, 0.15) is 0 Å². The van der Waals surface area contributed by atoms with Crippen LogP contribution < -0.4 is 15.3 Å². The van der Waals surface area contributed by atoms with E-state index in [1.807, 2.05) is 0 Å². The van der Waals surface area contributed by atoms with E-state index in [1.54, 1.807) is 11.9 Å². The first-order valence-electron chi connectivity index (χ1n) is 4.21. The Hall–Kier alpha value is -1.22. The maximum Gasteiger partial charge on any atom is 0.0741 e. The van der Waals surface area contributed by atoms with Gasteiger partial charge in [0.2, 0.25) is 0 Å². The first-order chi connectivity index (χ1) is 6.45. The largest absolute Gasteiger partial charge is 0.325 e. The van der Waals surface area contributed by atoms with E-state index < -0.39 is 0 Å². The zero-order chi connectivity index (χ0) is 8.67. The van der Waals surface area contributed by atoms with Crippen molar-refractivity contribution < 1.29 is 0 Å². The van der Waals surface area contributed by atoms with Crippen LogP contribution in [0.15, 0.2) is 22.5 Å². The Bertz CT molecular complexity index is 502. The third kappa shape index (κ3) is 1.00. The van der Waals surface area contributed by atoms with Gasteiger partial charge in [-0.3, -0.25) is 4.99 Å². The van der Waals surface area contributed by atoms with Gasteiger partial charge in [-0.1, -0.05) is 12.1 Å². The number of benzene rings is 1. The molecule has 3 rings (SSSR count). The molecule has 0 amide bonds. The standard InChI is InChI=1S/C10H8N2S/c1-2-9-8(4-6-13-12-9)10-7(1)3-5-11-10/h1-4,6,12H,5H2. The number of fused-ring (bicyclic) bond motifs is 3. The van der Waals surface area contributed by atoms with Crippen molar-refractivity contribution in [2.24, 2.45) is 4.99 Å². The molecule has 0 aromatic heterocycles. The second-order valence-corrected chi connectivity index (χ2v) is 3.74.